The second-order valence-electron chi connectivity index (χ2n) is 8.27. The average molecular weight is 396 g/mol. The van der Waals surface area contributed by atoms with Gasteiger partial charge in [-0.2, -0.15) is 0 Å². The molecule has 1 heterocycles. The molecule has 1 aliphatic heterocycles. The van der Waals surface area contributed by atoms with Crippen molar-refractivity contribution in [1.29, 1.82) is 0 Å². The van der Waals surface area contributed by atoms with Gasteiger partial charge in [0.15, 0.2) is 0 Å². The van der Waals surface area contributed by atoms with Crippen molar-refractivity contribution in [2.45, 2.75) is 45.9 Å². The molecule has 2 aromatic carbocycles. The fraction of sp³-hybridized carbons (Fsp3) is 0.391. The molecule has 154 valence electrons. The third-order valence-corrected chi connectivity index (χ3v) is 4.84. The molecule has 0 radical (unpaired) electrons. The average Bonchev–Trinajstić information content (AvgIpc) is 3.08. The number of hydrogen-bond acceptors (Lipinski definition) is 4. The van der Waals surface area contributed by atoms with Crippen molar-refractivity contribution in [2.75, 3.05) is 13.7 Å². The molecular weight excluding hydrogens is 368 g/mol. The first-order chi connectivity index (χ1) is 13.7. The van der Waals surface area contributed by atoms with Crippen molar-refractivity contribution in [1.82, 2.24) is 4.90 Å². The summed E-state index contributed by atoms with van der Waals surface area (Å²) in [7, 11) is 1.67. The first-order valence-corrected chi connectivity index (χ1v) is 9.70. The van der Waals surface area contributed by atoms with E-state index >= 15 is 0 Å². The number of nitrogens with two attached hydrogens (primary N) is 1. The SMILES string of the molecule is COCCc1cc2c(c(-c3ccccc3C(N)=O)c1)CN(C(=O)OC(C)(C)C)C2. The number of carbonyl (C=O) groups excluding carboxylic acids is 2. The predicted octanol–water partition coefficient (Wildman–Crippen LogP) is 3.89. The molecule has 0 aliphatic carbocycles. The lowest BCUT2D eigenvalue weighted by Crippen LogP contribution is -2.33. The van der Waals surface area contributed by atoms with E-state index in [0.29, 0.717) is 25.3 Å². The van der Waals surface area contributed by atoms with Gasteiger partial charge in [-0.05, 0) is 61.1 Å². The summed E-state index contributed by atoms with van der Waals surface area (Å²) in [6, 6.07) is 11.5. The highest BCUT2D eigenvalue weighted by molar-refractivity contribution is 6.00. The Morgan fingerprint density at radius 2 is 1.83 bits per heavy atom. The van der Waals surface area contributed by atoms with Crippen LogP contribution < -0.4 is 5.73 Å². The largest absolute Gasteiger partial charge is 0.444 e. The fourth-order valence-electron chi connectivity index (χ4n) is 3.57. The van der Waals surface area contributed by atoms with Crippen LogP contribution in [0, 0.1) is 0 Å². The summed E-state index contributed by atoms with van der Waals surface area (Å²) in [6.07, 6.45) is 0.392. The van der Waals surface area contributed by atoms with E-state index in [-0.39, 0.29) is 6.09 Å². The predicted molar refractivity (Wildman–Crippen MR) is 111 cm³/mol. The molecule has 0 saturated heterocycles. The summed E-state index contributed by atoms with van der Waals surface area (Å²) in [5, 5.41) is 0. The standard InChI is InChI=1S/C23H28N2O4/c1-23(2,3)29-22(27)25-13-16-11-15(9-10-28-4)12-19(20(16)14-25)17-7-5-6-8-18(17)21(24)26/h5-8,11-12H,9-10,13-14H2,1-4H3,(H2,24,26). The van der Waals surface area contributed by atoms with Gasteiger partial charge in [0.1, 0.15) is 5.60 Å². The molecule has 0 unspecified atom stereocenters. The van der Waals surface area contributed by atoms with Gasteiger partial charge in [-0.1, -0.05) is 30.3 Å². The molecule has 0 fully saturated rings. The van der Waals surface area contributed by atoms with Crippen LogP contribution in [0.4, 0.5) is 4.79 Å². The topological polar surface area (TPSA) is 81.9 Å². The Kier molecular flexibility index (Phi) is 5.94. The van der Waals surface area contributed by atoms with Crippen LogP contribution >= 0.6 is 0 Å². The van der Waals surface area contributed by atoms with Crippen molar-refractivity contribution in [3.05, 3.63) is 58.7 Å². The van der Waals surface area contributed by atoms with E-state index in [1.165, 1.54) is 0 Å². The van der Waals surface area contributed by atoms with E-state index in [4.69, 9.17) is 15.2 Å². The zero-order valence-electron chi connectivity index (χ0n) is 17.5. The maximum Gasteiger partial charge on any atom is 0.410 e. The second-order valence-corrected chi connectivity index (χ2v) is 8.27. The Morgan fingerprint density at radius 3 is 2.48 bits per heavy atom. The van der Waals surface area contributed by atoms with Crippen LogP contribution in [-0.2, 0) is 29.0 Å². The minimum absolute atomic E-state index is 0.346. The van der Waals surface area contributed by atoms with Crippen molar-refractivity contribution in [3.63, 3.8) is 0 Å². The third kappa shape index (κ3) is 4.77. The zero-order chi connectivity index (χ0) is 21.2. The van der Waals surface area contributed by atoms with Crippen LogP contribution in [0.2, 0.25) is 0 Å². The number of nitrogens with zero attached hydrogens (tertiary/aromatic N) is 1. The van der Waals surface area contributed by atoms with Gasteiger partial charge in [0, 0.05) is 19.2 Å². The van der Waals surface area contributed by atoms with Gasteiger partial charge in [0.2, 0.25) is 5.91 Å². The van der Waals surface area contributed by atoms with E-state index < -0.39 is 11.5 Å². The van der Waals surface area contributed by atoms with Crippen molar-refractivity contribution < 1.29 is 19.1 Å². The molecule has 0 bridgehead atoms. The first-order valence-electron chi connectivity index (χ1n) is 9.70. The summed E-state index contributed by atoms with van der Waals surface area (Å²) >= 11 is 0. The number of rotatable bonds is 5. The van der Waals surface area contributed by atoms with Gasteiger partial charge < -0.3 is 15.2 Å². The molecule has 0 aromatic heterocycles. The van der Waals surface area contributed by atoms with E-state index in [0.717, 1.165) is 34.2 Å². The number of primary amides is 1. The van der Waals surface area contributed by atoms with Crippen LogP contribution in [0.3, 0.4) is 0 Å². The molecular formula is C23H28N2O4. The molecule has 29 heavy (non-hydrogen) atoms. The first kappa shape index (κ1) is 20.9. The zero-order valence-corrected chi connectivity index (χ0v) is 17.5. The molecule has 0 atom stereocenters. The molecule has 0 saturated carbocycles. The highest BCUT2D eigenvalue weighted by Crippen LogP contribution is 2.36. The number of methoxy groups -OCH3 is 1. The Hall–Kier alpha value is -2.86. The number of carbonyl (C=O) groups is 2. The van der Waals surface area contributed by atoms with Gasteiger partial charge in [-0.15, -0.1) is 0 Å². The molecule has 6 heteroatoms. The number of amides is 2. The van der Waals surface area contributed by atoms with Crippen LogP contribution in [0.1, 0.15) is 47.8 Å². The van der Waals surface area contributed by atoms with Gasteiger partial charge in [-0.3, -0.25) is 9.69 Å². The van der Waals surface area contributed by atoms with E-state index in [1.807, 2.05) is 32.9 Å². The van der Waals surface area contributed by atoms with Crippen LogP contribution in [0.15, 0.2) is 36.4 Å². The second kappa shape index (κ2) is 8.25. The number of hydrogen-bond donors (Lipinski definition) is 1. The van der Waals surface area contributed by atoms with Gasteiger partial charge >= 0.3 is 6.09 Å². The summed E-state index contributed by atoms with van der Waals surface area (Å²) in [5.74, 6) is -0.473. The summed E-state index contributed by atoms with van der Waals surface area (Å²) in [6.45, 7) is 7.04. The smallest absolute Gasteiger partial charge is 0.410 e. The molecule has 2 amide bonds. The molecule has 0 spiro atoms. The number of ether oxygens (including phenoxy) is 2. The molecule has 6 nitrogen and oxygen atoms in total. The maximum atomic E-state index is 12.6. The summed E-state index contributed by atoms with van der Waals surface area (Å²) in [4.78, 5) is 26.3. The molecule has 3 rings (SSSR count). The Balaban J connectivity index is 2.04. The van der Waals surface area contributed by atoms with E-state index in [9.17, 15) is 9.59 Å². The van der Waals surface area contributed by atoms with Crippen LogP contribution in [-0.4, -0.2) is 36.2 Å². The quantitative estimate of drug-likeness (QED) is 0.831. The monoisotopic (exact) mass is 396 g/mol. The lowest BCUT2D eigenvalue weighted by molar-refractivity contribution is 0.0242. The van der Waals surface area contributed by atoms with Crippen molar-refractivity contribution in [3.8, 4) is 11.1 Å². The normalized spacial score (nSPS) is 13.3. The fourth-order valence-corrected chi connectivity index (χ4v) is 3.57. The lowest BCUT2D eigenvalue weighted by atomic mass is 9.91. The lowest BCUT2D eigenvalue weighted by Gasteiger charge is -2.24. The maximum absolute atomic E-state index is 12.6. The Labute approximate surface area is 171 Å². The minimum Gasteiger partial charge on any atom is -0.444 e. The van der Waals surface area contributed by atoms with Crippen molar-refractivity contribution in [2.24, 2.45) is 5.73 Å². The summed E-state index contributed by atoms with van der Waals surface area (Å²) in [5.41, 5.74) is 10.4. The highest BCUT2D eigenvalue weighted by Gasteiger charge is 2.30. The molecule has 2 aromatic rings. The van der Waals surface area contributed by atoms with Gasteiger partial charge in [-0.25, -0.2) is 4.79 Å². The third-order valence-electron chi connectivity index (χ3n) is 4.84. The van der Waals surface area contributed by atoms with Crippen molar-refractivity contribution >= 4 is 12.0 Å². The van der Waals surface area contributed by atoms with Crippen LogP contribution in [0.5, 0.6) is 0 Å². The van der Waals surface area contributed by atoms with Crippen LogP contribution in [0.25, 0.3) is 11.1 Å². The van der Waals surface area contributed by atoms with Gasteiger partial charge in [0.05, 0.1) is 13.2 Å². The minimum atomic E-state index is -0.559. The highest BCUT2D eigenvalue weighted by atomic mass is 16.6. The summed E-state index contributed by atoms with van der Waals surface area (Å²) < 4.78 is 10.8. The Morgan fingerprint density at radius 1 is 1.10 bits per heavy atom. The molecule has 2 N–H and O–H groups in total. The Bertz CT molecular complexity index is 931. The van der Waals surface area contributed by atoms with E-state index in [1.54, 1.807) is 24.1 Å². The number of benzene rings is 2. The van der Waals surface area contributed by atoms with E-state index in [2.05, 4.69) is 12.1 Å². The van der Waals surface area contributed by atoms with Gasteiger partial charge in [0.25, 0.3) is 0 Å². The molecule has 1 aliphatic rings. The number of fused-ring (bicyclic) bond motifs is 1.